The highest BCUT2D eigenvalue weighted by Gasteiger charge is 2.26. The molecule has 0 spiro atoms. The lowest BCUT2D eigenvalue weighted by molar-refractivity contribution is -0.143. The van der Waals surface area contributed by atoms with Crippen molar-refractivity contribution in [1.29, 1.82) is 5.26 Å². The maximum atomic E-state index is 12.4. The van der Waals surface area contributed by atoms with Gasteiger partial charge in [0.05, 0.1) is 23.7 Å². The van der Waals surface area contributed by atoms with E-state index in [2.05, 4.69) is 20.8 Å². The third-order valence-electron chi connectivity index (χ3n) is 5.32. The van der Waals surface area contributed by atoms with Crippen molar-refractivity contribution in [3.63, 3.8) is 0 Å². The summed E-state index contributed by atoms with van der Waals surface area (Å²) in [6.45, 7) is 0. The Balaban J connectivity index is 1.29. The molecule has 0 unspecified atom stereocenters. The molecule has 1 aliphatic carbocycles. The SMILES string of the molecule is N#Cc1ccc(Nc2nnc(C(=O)Nc3ccc(O[C@H]4CC[C@@H](C(=O)O)CC4)cc3)o2)cc1. The van der Waals surface area contributed by atoms with E-state index in [4.69, 9.17) is 19.5 Å². The van der Waals surface area contributed by atoms with E-state index in [1.807, 2.05) is 6.07 Å². The number of aromatic nitrogens is 2. The lowest BCUT2D eigenvalue weighted by Gasteiger charge is -2.26. The van der Waals surface area contributed by atoms with Crippen molar-refractivity contribution in [2.75, 3.05) is 10.6 Å². The van der Waals surface area contributed by atoms with Crippen molar-refractivity contribution in [3.05, 3.63) is 60.0 Å². The number of nitriles is 1. The molecule has 3 N–H and O–H groups in total. The molecule has 2 aromatic carbocycles. The minimum Gasteiger partial charge on any atom is -0.490 e. The number of benzene rings is 2. The maximum Gasteiger partial charge on any atom is 0.320 e. The van der Waals surface area contributed by atoms with E-state index in [1.54, 1.807) is 48.5 Å². The Morgan fingerprint density at radius 2 is 1.67 bits per heavy atom. The number of rotatable bonds is 7. The van der Waals surface area contributed by atoms with Crippen LogP contribution in [0.1, 0.15) is 41.9 Å². The number of ether oxygens (including phenoxy) is 1. The molecule has 10 nitrogen and oxygen atoms in total. The number of aliphatic carboxylic acids is 1. The zero-order chi connectivity index (χ0) is 23.2. The first-order valence-electron chi connectivity index (χ1n) is 10.4. The number of carbonyl (C=O) groups is 2. The zero-order valence-electron chi connectivity index (χ0n) is 17.5. The number of anilines is 3. The monoisotopic (exact) mass is 447 g/mol. The topological polar surface area (TPSA) is 150 Å². The van der Waals surface area contributed by atoms with E-state index in [0.29, 0.717) is 48.4 Å². The number of nitrogens with one attached hydrogen (secondary N) is 2. The molecule has 1 amide bonds. The summed E-state index contributed by atoms with van der Waals surface area (Å²) in [5.41, 5.74) is 1.69. The van der Waals surface area contributed by atoms with Crippen molar-refractivity contribution in [1.82, 2.24) is 10.2 Å². The molecular weight excluding hydrogens is 426 g/mol. The van der Waals surface area contributed by atoms with E-state index in [-0.39, 0.29) is 23.9 Å². The summed E-state index contributed by atoms with van der Waals surface area (Å²) in [4.78, 5) is 23.4. The second kappa shape index (κ2) is 9.82. The van der Waals surface area contributed by atoms with Crippen LogP contribution in [0.15, 0.2) is 52.9 Å². The first kappa shape index (κ1) is 21.8. The highest BCUT2D eigenvalue weighted by atomic mass is 16.5. The number of carboxylic acids is 1. The summed E-state index contributed by atoms with van der Waals surface area (Å²) in [5, 5.41) is 31.0. The van der Waals surface area contributed by atoms with Gasteiger partial charge in [-0.3, -0.25) is 9.59 Å². The van der Waals surface area contributed by atoms with Gasteiger partial charge in [0.15, 0.2) is 0 Å². The minimum atomic E-state index is -0.744. The van der Waals surface area contributed by atoms with Crippen molar-refractivity contribution < 1.29 is 23.8 Å². The predicted octanol–water partition coefficient (Wildman–Crippen LogP) is 3.96. The molecule has 10 heteroatoms. The molecule has 3 aromatic rings. The van der Waals surface area contributed by atoms with Crippen LogP contribution in [-0.4, -0.2) is 33.3 Å². The van der Waals surface area contributed by atoms with Gasteiger partial charge in [0.2, 0.25) is 0 Å². The van der Waals surface area contributed by atoms with Gasteiger partial charge in [0.1, 0.15) is 5.75 Å². The Morgan fingerprint density at radius 1 is 1.00 bits per heavy atom. The van der Waals surface area contributed by atoms with Crippen LogP contribution in [0.5, 0.6) is 5.75 Å². The number of carbonyl (C=O) groups excluding carboxylic acids is 1. The van der Waals surface area contributed by atoms with E-state index in [1.165, 1.54) is 0 Å². The first-order chi connectivity index (χ1) is 16.0. The van der Waals surface area contributed by atoms with Gasteiger partial charge in [-0.2, -0.15) is 5.26 Å². The Morgan fingerprint density at radius 3 is 2.30 bits per heavy atom. The molecule has 1 aromatic heterocycles. The van der Waals surface area contributed by atoms with Crippen molar-refractivity contribution in [3.8, 4) is 11.8 Å². The number of hydrogen-bond donors (Lipinski definition) is 3. The highest BCUT2D eigenvalue weighted by Crippen LogP contribution is 2.28. The molecule has 0 radical (unpaired) electrons. The smallest absolute Gasteiger partial charge is 0.320 e. The van der Waals surface area contributed by atoms with Crippen molar-refractivity contribution >= 4 is 29.3 Å². The van der Waals surface area contributed by atoms with Gasteiger partial charge in [-0.1, -0.05) is 5.10 Å². The Bertz CT molecular complexity index is 1160. The molecule has 4 rings (SSSR count). The number of amides is 1. The van der Waals surface area contributed by atoms with E-state index < -0.39 is 11.9 Å². The summed E-state index contributed by atoms with van der Waals surface area (Å²) in [5.74, 6) is -1.14. The lowest BCUT2D eigenvalue weighted by Crippen LogP contribution is -2.27. The van der Waals surface area contributed by atoms with Gasteiger partial charge in [-0.25, -0.2) is 0 Å². The average molecular weight is 447 g/mol. The largest absolute Gasteiger partial charge is 0.490 e. The summed E-state index contributed by atoms with van der Waals surface area (Å²) < 4.78 is 11.3. The number of carboxylic acid groups (broad SMARTS) is 1. The summed E-state index contributed by atoms with van der Waals surface area (Å²) in [7, 11) is 0. The van der Waals surface area contributed by atoms with Crippen LogP contribution in [0.25, 0.3) is 0 Å². The zero-order valence-corrected chi connectivity index (χ0v) is 17.5. The van der Waals surface area contributed by atoms with Crippen LogP contribution in [0.3, 0.4) is 0 Å². The molecule has 1 saturated carbocycles. The third-order valence-corrected chi connectivity index (χ3v) is 5.32. The standard InChI is InChI=1S/C23H21N5O5/c24-13-14-1-5-17(6-2-14)26-23-28-27-21(33-23)20(29)25-16-7-11-19(12-8-16)32-18-9-3-15(4-10-18)22(30)31/h1-2,5-8,11-12,15,18H,3-4,9-10H2,(H,25,29)(H,26,28)(H,30,31)/t15-,18+. The fourth-order valence-electron chi connectivity index (χ4n) is 3.54. The molecule has 0 aliphatic heterocycles. The van der Waals surface area contributed by atoms with Gasteiger partial charge in [0.25, 0.3) is 0 Å². The Hall–Kier alpha value is -4.39. The molecule has 1 heterocycles. The summed E-state index contributed by atoms with van der Waals surface area (Å²) in [6.07, 6.45) is 2.61. The predicted molar refractivity (Wildman–Crippen MR) is 117 cm³/mol. The fourth-order valence-corrected chi connectivity index (χ4v) is 3.54. The number of hydrogen-bond acceptors (Lipinski definition) is 8. The van der Waals surface area contributed by atoms with Crippen LogP contribution in [-0.2, 0) is 4.79 Å². The number of nitrogens with zero attached hydrogens (tertiary/aromatic N) is 3. The van der Waals surface area contributed by atoms with Gasteiger partial charge in [0, 0.05) is 11.4 Å². The third kappa shape index (κ3) is 5.65. The molecule has 33 heavy (non-hydrogen) atoms. The van der Waals surface area contributed by atoms with E-state index in [9.17, 15) is 9.59 Å². The summed E-state index contributed by atoms with van der Waals surface area (Å²) in [6, 6.07) is 15.6. The molecule has 0 bridgehead atoms. The fraction of sp³-hybridized carbons (Fsp3) is 0.261. The van der Waals surface area contributed by atoms with Crippen molar-refractivity contribution in [2.24, 2.45) is 5.92 Å². The maximum absolute atomic E-state index is 12.4. The normalized spacial score (nSPS) is 17.5. The second-order valence-electron chi connectivity index (χ2n) is 7.63. The van der Waals surface area contributed by atoms with Gasteiger partial charge in [-0.05, 0) is 74.2 Å². The van der Waals surface area contributed by atoms with E-state index in [0.717, 1.165) is 0 Å². The summed E-state index contributed by atoms with van der Waals surface area (Å²) >= 11 is 0. The van der Waals surface area contributed by atoms with Gasteiger partial charge >= 0.3 is 23.8 Å². The minimum absolute atomic E-state index is 0.0125. The highest BCUT2D eigenvalue weighted by molar-refractivity contribution is 6.00. The van der Waals surface area contributed by atoms with Gasteiger partial charge < -0.3 is 24.9 Å². The lowest BCUT2D eigenvalue weighted by atomic mass is 9.87. The Labute approximate surface area is 189 Å². The molecular formula is C23H21N5O5. The first-order valence-corrected chi connectivity index (χ1v) is 10.4. The quantitative estimate of drug-likeness (QED) is 0.489. The van der Waals surface area contributed by atoms with Crippen LogP contribution in [0, 0.1) is 17.2 Å². The van der Waals surface area contributed by atoms with Crippen LogP contribution in [0.4, 0.5) is 17.4 Å². The van der Waals surface area contributed by atoms with Crippen LogP contribution >= 0.6 is 0 Å². The molecule has 1 fully saturated rings. The Kier molecular flexibility index (Phi) is 6.50. The second-order valence-corrected chi connectivity index (χ2v) is 7.63. The van der Waals surface area contributed by atoms with Crippen LogP contribution < -0.4 is 15.4 Å². The molecule has 0 saturated heterocycles. The van der Waals surface area contributed by atoms with E-state index >= 15 is 0 Å². The molecule has 1 aliphatic rings. The molecule has 0 atom stereocenters. The van der Waals surface area contributed by atoms with Crippen molar-refractivity contribution in [2.45, 2.75) is 31.8 Å². The average Bonchev–Trinajstić information content (AvgIpc) is 3.30. The molecule has 168 valence electrons. The van der Waals surface area contributed by atoms with Crippen LogP contribution in [0.2, 0.25) is 0 Å². The van der Waals surface area contributed by atoms with Gasteiger partial charge in [-0.15, -0.1) is 5.10 Å².